The molecule has 6 heteroatoms. The first-order chi connectivity index (χ1) is 7.47. The number of carboxylic acid groups (broad SMARTS) is 1. The normalized spacial score (nSPS) is 18.9. The fourth-order valence-corrected chi connectivity index (χ4v) is 1.64. The second-order valence-electron chi connectivity index (χ2n) is 3.85. The number of rotatable bonds is 4. The summed E-state index contributed by atoms with van der Waals surface area (Å²) in [6.07, 6.45) is 0.785. The molecule has 1 fully saturated rings. The number of carbonyl (C=O) groups is 3. The van der Waals surface area contributed by atoms with E-state index in [0.717, 1.165) is 11.3 Å². The van der Waals surface area contributed by atoms with E-state index in [1.54, 1.807) is 0 Å². The smallest absolute Gasteiger partial charge is 0.326 e. The molecule has 6 nitrogen and oxygen atoms in total. The van der Waals surface area contributed by atoms with Crippen LogP contribution in [0.25, 0.3) is 0 Å². The average Bonchev–Trinajstić information content (AvgIpc) is 2.22. The molecule has 0 aliphatic carbocycles. The maximum absolute atomic E-state index is 11.6. The second-order valence-corrected chi connectivity index (χ2v) is 3.85. The number of aliphatic carboxylic acids is 1. The maximum atomic E-state index is 11.6. The van der Waals surface area contributed by atoms with Gasteiger partial charge >= 0.3 is 5.97 Å². The zero-order valence-corrected chi connectivity index (χ0v) is 9.47. The molecule has 0 aromatic carbocycles. The van der Waals surface area contributed by atoms with Crippen LogP contribution in [0.4, 0.5) is 0 Å². The summed E-state index contributed by atoms with van der Waals surface area (Å²) in [4.78, 5) is 36.6. The van der Waals surface area contributed by atoms with E-state index in [4.69, 9.17) is 5.11 Å². The number of hydrogen-bond donors (Lipinski definition) is 1. The minimum absolute atomic E-state index is 0.00963. The highest BCUT2D eigenvalue weighted by Gasteiger charge is 2.34. The fourth-order valence-electron chi connectivity index (χ4n) is 1.64. The van der Waals surface area contributed by atoms with Gasteiger partial charge < -0.3 is 14.9 Å². The quantitative estimate of drug-likeness (QED) is 0.706. The summed E-state index contributed by atoms with van der Waals surface area (Å²) in [5, 5.41) is 8.79. The Labute approximate surface area is 93.8 Å². The van der Waals surface area contributed by atoms with Gasteiger partial charge in [0.2, 0.25) is 11.8 Å². The topological polar surface area (TPSA) is 77.9 Å². The van der Waals surface area contributed by atoms with Crippen molar-refractivity contribution in [1.82, 2.24) is 9.80 Å². The van der Waals surface area contributed by atoms with Crippen LogP contribution in [0.15, 0.2) is 0 Å². The van der Waals surface area contributed by atoms with Crippen LogP contribution < -0.4 is 0 Å². The number of amides is 2. The molecule has 0 bridgehead atoms. The van der Waals surface area contributed by atoms with Crippen molar-refractivity contribution < 1.29 is 19.5 Å². The van der Waals surface area contributed by atoms with E-state index < -0.39 is 12.0 Å². The Morgan fingerprint density at radius 1 is 1.38 bits per heavy atom. The number of piperazine rings is 1. The lowest BCUT2D eigenvalue weighted by Gasteiger charge is -2.35. The van der Waals surface area contributed by atoms with Crippen LogP contribution in [-0.2, 0) is 14.4 Å². The van der Waals surface area contributed by atoms with Crippen molar-refractivity contribution in [1.29, 1.82) is 0 Å². The van der Waals surface area contributed by atoms with Crippen molar-refractivity contribution in [3.8, 4) is 0 Å². The molecule has 1 heterocycles. The van der Waals surface area contributed by atoms with Crippen molar-refractivity contribution in [3.63, 3.8) is 0 Å². The van der Waals surface area contributed by atoms with Gasteiger partial charge in [-0.1, -0.05) is 6.92 Å². The van der Waals surface area contributed by atoms with Gasteiger partial charge in [-0.2, -0.15) is 0 Å². The highest BCUT2D eigenvalue weighted by atomic mass is 16.4. The third-order valence-corrected chi connectivity index (χ3v) is 2.62. The van der Waals surface area contributed by atoms with Gasteiger partial charge in [0, 0.05) is 6.54 Å². The number of carboxylic acids is 1. The Balaban J connectivity index is 2.70. The molecule has 1 atom stereocenters. The molecular weight excluding hydrogens is 212 g/mol. The van der Waals surface area contributed by atoms with Gasteiger partial charge in [0.25, 0.3) is 0 Å². The minimum Gasteiger partial charge on any atom is -0.480 e. The lowest BCUT2D eigenvalue weighted by molar-refractivity contribution is -0.158. The molecule has 2 amide bonds. The first-order valence-corrected chi connectivity index (χ1v) is 5.27. The molecule has 0 aromatic rings. The zero-order valence-electron chi connectivity index (χ0n) is 9.47. The van der Waals surface area contributed by atoms with Crippen molar-refractivity contribution >= 4 is 17.8 Å². The predicted molar refractivity (Wildman–Crippen MR) is 55.7 cm³/mol. The Hall–Kier alpha value is -1.59. The van der Waals surface area contributed by atoms with Gasteiger partial charge in [-0.25, -0.2) is 4.79 Å². The highest BCUT2D eigenvalue weighted by molar-refractivity contribution is 5.94. The number of nitrogens with zero attached hydrogens (tertiary/aromatic N) is 2. The van der Waals surface area contributed by atoms with E-state index in [9.17, 15) is 14.4 Å². The lowest BCUT2D eigenvalue weighted by atomic mass is 10.2. The molecule has 0 saturated carbocycles. The number of carbonyl (C=O) groups excluding carboxylic acids is 2. The van der Waals surface area contributed by atoms with E-state index in [0.29, 0.717) is 6.54 Å². The summed E-state index contributed by atoms with van der Waals surface area (Å²) < 4.78 is 0. The molecular formula is C10H16N2O4. The Kier molecular flexibility index (Phi) is 3.87. The van der Waals surface area contributed by atoms with Crippen molar-refractivity contribution in [2.45, 2.75) is 26.3 Å². The van der Waals surface area contributed by atoms with Gasteiger partial charge in [0.05, 0.1) is 6.54 Å². The molecule has 90 valence electrons. The van der Waals surface area contributed by atoms with Gasteiger partial charge in [-0.15, -0.1) is 0 Å². The third-order valence-electron chi connectivity index (χ3n) is 2.62. The molecule has 16 heavy (non-hydrogen) atoms. The second kappa shape index (κ2) is 4.96. The molecule has 1 unspecified atom stereocenters. The van der Waals surface area contributed by atoms with E-state index in [-0.39, 0.29) is 24.9 Å². The van der Waals surface area contributed by atoms with Crippen LogP contribution in [0.3, 0.4) is 0 Å². The molecule has 1 aliphatic heterocycles. The molecule has 0 radical (unpaired) electrons. The van der Waals surface area contributed by atoms with Crippen LogP contribution >= 0.6 is 0 Å². The zero-order chi connectivity index (χ0) is 12.3. The van der Waals surface area contributed by atoms with E-state index >= 15 is 0 Å². The van der Waals surface area contributed by atoms with Gasteiger partial charge in [-0.3, -0.25) is 9.59 Å². The lowest BCUT2D eigenvalue weighted by Crippen LogP contribution is -2.57. The van der Waals surface area contributed by atoms with Crippen LogP contribution in [0.1, 0.15) is 20.3 Å². The van der Waals surface area contributed by atoms with Crippen LogP contribution in [0.2, 0.25) is 0 Å². The standard InChI is InChI=1S/C10H16N2O4/c1-3-4-11-5-9(14)12(6-8(11)13)7(2)10(15)16/h7H,3-6H2,1-2H3,(H,15,16). The average molecular weight is 228 g/mol. The van der Waals surface area contributed by atoms with Crippen molar-refractivity contribution in [2.24, 2.45) is 0 Å². The largest absolute Gasteiger partial charge is 0.480 e. The first kappa shape index (κ1) is 12.5. The Morgan fingerprint density at radius 2 is 2.00 bits per heavy atom. The van der Waals surface area contributed by atoms with Gasteiger partial charge in [-0.05, 0) is 13.3 Å². The van der Waals surface area contributed by atoms with Gasteiger partial charge in [0.15, 0.2) is 0 Å². The van der Waals surface area contributed by atoms with E-state index in [1.807, 2.05) is 6.92 Å². The van der Waals surface area contributed by atoms with Crippen molar-refractivity contribution in [2.75, 3.05) is 19.6 Å². The predicted octanol–water partition coefficient (Wildman–Crippen LogP) is -0.460. The first-order valence-electron chi connectivity index (χ1n) is 5.27. The molecule has 0 spiro atoms. The van der Waals surface area contributed by atoms with E-state index in [1.165, 1.54) is 11.8 Å². The SMILES string of the molecule is CCCN1CC(=O)N(C(C)C(=O)O)CC1=O. The Bertz CT molecular complexity index is 316. The molecule has 0 aromatic heterocycles. The minimum atomic E-state index is -1.09. The maximum Gasteiger partial charge on any atom is 0.326 e. The van der Waals surface area contributed by atoms with Crippen LogP contribution in [-0.4, -0.2) is 58.4 Å². The molecule has 1 N–H and O–H groups in total. The van der Waals surface area contributed by atoms with Crippen molar-refractivity contribution in [3.05, 3.63) is 0 Å². The summed E-state index contributed by atoms with van der Waals surface area (Å²) in [5.41, 5.74) is 0. The summed E-state index contributed by atoms with van der Waals surface area (Å²) in [6, 6.07) is -0.944. The third kappa shape index (κ3) is 2.50. The van der Waals surface area contributed by atoms with Crippen LogP contribution in [0, 0.1) is 0 Å². The van der Waals surface area contributed by atoms with E-state index in [2.05, 4.69) is 0 Å². The van der Waals surface area contributed by atoms with Gasteiger partial charge in [0.1, 0.15) is 12.6 Å². The summed E-state index contributed by atoms with van der Waals surface area (Å²) >= 11 is 0. The summed E-state index contributed by atoms with van der Waals surface area (Å²) in [6.45, 7) is 3.73. The molecule has 1 rings (SSSR count). The summed E-state index contributed by atoms with van der Waals surface area (Å²) in [5.74, 6) is -1.58. The Morgan fingerprint density at radius 3 is 2.50 bits per heavy atom. The summed E-state index contributed by atoms with van der Waals surface area (Å²) in [7, 11) is 0. The molecule has 1 saturated heterocycles. The monoisotopic (exact) mass is 228 g/mol. The highest BCUT2D eigenvalue weighted by Crippen LogP contribution is 2.09. The fraction of sp³-hybridized carbons (Fsp3) is 0.700. The van der Waals surface area contributed by atoms with Crippen LogP contribution in [0.5, 0.6) is 0 Å². The molecule has 1 aliphatic rings. The number of hydrogen-bond acceptors (Lipinski definition) is 3.